The van der Waals surface area contributed by atoms with Crippen molar-refractivity contribution >= 4 is 15.9 Å². The molecule has 0 saturated heterocycles. The lowest BCUT2D eigenvalue weighted by molar-refractivity contribution is 0.158. The van der Waals surface area contributed by atoms with E-state index in [0.717, 1.165) is 0 Å². The molecule has 2 atom stereocenters. The molecule has 0 amide bonds. The van der Waals surface area contributed by atoms with Crippen molar-refractivity contribution < 1.29 is 18.8 Å². The van der Waals surface area contributed by atoms with E-state index in [-0.39, 0.29) is 12.3 Å². The van der Waals surface area contributed by atoms with Gasteiger partial charge in [-0.05, 0) is 53.2 Å². The molecule has 26 heavy (non-hydrogen) atoms. The molecule has 0 fully saturated rings. The van der Waals surface area contributed by atoms with Crippen LogP contribution in [0.1, 0.15) is 12.8 Å². The van der Waals surface area contributed by atoms with Gasteiger partial charge < -0.3 is 20.1 Å². The molecule has 7 nitrogen and oxygen atoms in total. The fourth-order valence-corrected chi connectivity index (χ4v) is 2.39. The van der Waals surface area contributed by atoms with E-state index in [4.69, 9.17) is 15.0 Å². The Balaban J connectivity index is 1.70. The largest absolute Gasteiger partial charge is 0.436 e. The Kier molecular flexibility index (Phi) is 5.60. The summed E-state index contributed by atoms with van der Waals surface area (Å²) in [6.45, 7) is 1.60. The fourth-order valence-electron chi connectivity index (χ4n) is 2.09. The van der Waals surface area contributed by atoms with Crippen molar-refractivity contribution in [2.45, 2.75) is 25.5 Å². The Morgan fingerprint density at radius 1 is 1.35 bits per heavy atom. The predicted octanol–water partition coefficient (Wildman–Crippen LogP) is 3.08. The molecule has 2 aromatic heterocycles. The van der Waals surface area contributed by atoms with Gasteiger partial charge in [-0.25, -0.2) is 9.37 Å². The number of halogens is 2. The maximum Gasteiger partial charge on any atom is 0.255 e. The average Bonchev–Trinajstić information content (AvgIpc) is 3.06. The lowest BCUT2D eigenvalue weighted by atomic mass is 10.1. The number of ether oxygens (including phenoxy) is 1. The monoisotopic (exact) mass is 422 g/mol. The minimum absolute atomic E-state index is 0.116. The molecular weight excluding hydrogens is 407 g/mol. The third-order valence-corrected chi connectivity index (χ3v) is 4.03. The molecule has 2 unspecified atom stereocenters. The Labute approximate surface area is 157 Å². The first kappa shape index (κ1) is 18.4. The van der Waals surface area contributed by atoms with Crippen molar-refractivity contribution in [1.29, 1.82) is 0 Å². The van der Waals surface area contributed by atoms with Crippen LogP contribution in [0.4, 0.5) is 4.39 Å². The lowest BCUT2D eigenvalue weighted by Crippen LogP contribution is -2.34. The SMILES string of the molecule is CC(O)C(N)Cc1nc(-c2ccc(Oc3ncc(Br)cc3F)cc2)no1. The van der Waals surface area contributed by atoms with Crippen LogP contribution in [-0.2, 0) is 6.42 Å². The molecule has 0 aliphatic carbocycles. The van der Waals surface area contributed by atoms with E-state index < -0.39 is 18.0 Å². The zero-order chi connectivity index (χ0) is 18.7. The van der Waals surface area contributed by atoms with Crippen LogP contribution in [0.15, 0.2) is 45.5 Å². The van der Waals surface area contributed by atoms with Crippen LogP contribution in [0, 0.1) is 5.82 Å². The van der Waals surface area contributed by atoms with Gasteiger partial charge in [0.15, 0.2) is 5.82 Å². The molecule has 9 heteroatoms. The number of benzene rings is 1. The normalized spacial score (nSPS) is 13.4. The molecule has 1 aromatic carbocycles. The number of nitrogens with two attached hydrogens (primary N) is 1. The standard InChI is InChI=1S/C17H16BrFN4O3/c1-9(24)14(20)7-15-22-16(23-26-15)10-2-4-12(5-3-10)25-17-13(19)6-11(18)8-21-17/h2-6,8-9,14,24H,7,20H2,1H3. The number of aromatic nitrogens is 3. The Morgan fingerprint density at radius 2 is 2.08 bits per heavy atom. The van der Waals surface area contributed by atoms with Crippen LogP contribution >= 0.6 is 15.9 Å². The van der Waals surface area contributed by atoms with Gasteiger partial charge in [0.05, 0.1) is 6.10 Å². The first-order valence-electron chi connectivity index (χ1n) is 7.78. The Morgan fingerprint density at radius 3 is 2.73 bits per heavy atom. The maximum atomic E-state index is 13.8. The Bertz CT molecular complexity index is 886. The molecule has 3 N–H and O–H groups in total. The predicted molar refractivity (Wildman–Crippen MR) is 95.1 cm³/mol. The van der Waals surface area contributed by atoms with Gasteiger partial charge in [0.25, 0.3) is 5.88 Å². The second-order valence-electron chi connectivity index (χ2n) is 5.69. The summed E-state index contributed by atoms with van der Waals surface area (Å²) in [5, 5.41) is 13.3. The van der Waals surface area contributed by atoms with Crippen LogP contribution < -0.4 is 10.5 Å². The van der Waals surface area contributed by atoms with Crippen molar-refractivity contribution in [2.75, 3.05) is 0 Å². The molecule has 3 rings (SSSR count). The molecule has 0 aliphatic heterocycles. The highest BCUT2D eigenvalue weighted by molar-refractivity contribution is 9.10. The summed E-state index contributed by atoms with van der Waals surface area (Å²) in [6.07, 6.45) is 1.06. The van der Waals surface area contributed by atoms with Crippen LogP contribution in [-0.4, -0.2) is 32.4 Å². The van der Waals surface area contributed by atoms with Gasteiger partial charge in [-0.1, -0.05) is 5.16 Å². The summed E-state index contributed by atoms with van der Waals surface area (Å²) in [6, 6.07) is 7.53. The van der Waals surface area contributed by atoms with Crippen molar-refractivity contribution in [3.63, 3.8) is 0 Å². The molecule has 136 valence electrons. The van der Waals surface area contributed by atoms with Crippen LogP contribution in [0.2, 0.25) is 0 Å². The second kappa shape index (κ2) is 7.90. The number of hydrogen-bond donors (Lipinski definition) is 2. The van der Waals surface area contributed by atoms with Crippen molar-refractivity contribution in [3.05, 3.63) is 52.7 Å². The van der Waals surface area contributed by atoms with E-state index in [2.05, 4.69) is 31.1 Å². The van der Waals surface area contributed by atoms with Gasteiger partial charge in [-0.3, -0.25) is 0 Å². The highest BCUT2D eigenvalue weighted by Crippen LogP contribution is 2.26. The average molecular weight is 423 g/mol. The summed E-state index contributed by atoms with van der Waals surface area (Å²) in [4.78, 5) is 8.14. The van der Waals surface area contributed by atoms with Gasteiger partial charge >= 0.3 is 0 Å². The molecule has 3 aromatic rings. The fraction of sp³-hybridized carbons (Fsp3) is 0.235. The minimum atomic E-state index is -0.672. The second-order valence-corrected chi connectivity index (χ2v) is 6.60. The third kappa shape index (κ3) is 4.43. The molecule has 0 aliphatic rings. The smallest absolute Gasteiger partial charge is 0.255 e. The van der Waals surface area contributed by atoms with Crippen molar-refractivity contribution in [1.82, 2.24) is 15.1 Å². The van der Waals surface area contributed by atoms with E-state index in [9.17, 15) is 9.50 Å². The summed E-state index contributed by atoms with van der Waals surface area (Å²) >= 11 is 3.14. The van der Waals surface area contributed by atoms with Crippen LogP contribution in [0.25, 0.3) is 11.4 Å². The number of nitrogens with zero attached hydrogens (tertiary/aromatic N) is 3. The number of pyridine rings is 1. The molecule has 0 saturated carbocycles. The minimum Gasteiger partial charge on any atom is -0.436 e. The topological polar surface area (TPSA) is 107 Å². The quantitative estimate of drug-likeness (QED) is 0.628. The first-order valence-corrected chi connectivity index (χ1v) is 8.57. The summed E-state index contributed by atoms with van der Waals surface area (Å²) < 4.78 is 24.9. The van der Waals surface area contributed by atoms with E-state index in [0.29, 0.717) is 27.5 Å². The molecule has 0 radical (unpaired) electrons. The Hall–Kier alpha value is -2.36. The van der Waals surface area contributed by atoms with E-state index >= 15 is 0 Å². The van der Waals surface area contributed by atoms with Crippen LogP contribution in [0.3, 0.4) is 0 Å². The van der Waals surface area contributed by atoms with E-state index in [1.54, 1.807) is 31.2 Å². The highest BCUT2D eigenvalue weighted by atomic mass is 79.9. The van der Waals surface area contributed by atoms with E-state index in [1.807, 2.05) is 0 Å². The first-order chi connectivity index (χ1) is 12.4. The van der Waals surface area contributed by atoms with Crippen molar-refractivity contribution in [3.8, 4) is 23.0 Å². The van der Waals surface area contributed by atoms with Crippen LogP contribution in [0.5, 0.6) is 11.6 Å². The highest BCUT2D eigenvalue weighted by Gasteiger charge is 2.16. The summed E-state index contributed by atoms with van der Waals surface area (Å²) in [7, 11) is 0. The number of aliphatic hydroxyl groups is 1. The van der Waals surface area contributed by atoms with Gasteiger partial charge in [0.2, 0.25) is 11.7 Å². The molecule has 0 bridgehead atoms. The van der Waals surface area contributed by atoms with Gasteiger partial charge in [0, 0.05) is 28.7 Å². The third-order valence-electron chi connectivity index (χ3n) is 3.60. The molecular formula is C17H16BrFN4O3. The summed E-state index contributed by atoms with van der Waals surface area (Å²) in [5.74, 6) is 0.463. The van der Waals surface area contributed by atoms with E-state index in [1.165, 1.54) is 12.3 Å². The lowest BCUT2D eigenvalue weighted by Gasteiger charge is -2.10. The number of hydrogen-bond acceptors (Lipinski definition) is 7. The molecule has 0 spiro atoms. The number of rotatable bonds is 6. The zero-order valence-electron chi connectivity index (χ0n) is 13.8. The zero-order valence-corrected chi connectivity index (χ0v) is 15.4. The van der Waals surface area contributed by atoms with Gasteiger partial charge in [-0.2, -0.15) is 4.98 Å². The number of aliphatic hydroxyl groups excluding tert-OH is 1. The summed E-state index contributed by atoms with van der Waals surface area (Å²) in [5.41, 5.74) is 6.47. The van der Waals surface area contributed by atoms with Gasteiger partial charge in [-0.15, -0.1) is 0 Å². The van der Waals surface area contributed by atoms with Crippen molar-refractivity contribution in [2.24, 2.45) is 5.73 Å². The maximum absolute atomic E-state index is 13.8. The van der Waals surface area contributed by atoms with Gasteiger partial charge in [0.1, 0.15) is 5.75 Å². The molecule has 2 heterocycles.